The number of aryl methyl sites for hydroxylation is 3. The maximum absolute atomic E-state index is 13.1. The van der Waals surface area contributed by atoms with E-state index in [2.05, 4.69) is 9.88 Å². The number of aromatic nitrogens is 2. The van der Waals surface area contributed by atoms with Crippen LogP contribution in [0.4, 0.5) is 0 Å². The van der Waals surface area contributed by atoms with Gasteiger partial charge in [-0.05, 0) is 31.9 Å². The lowest BCUT2D eigenvalue weighted by Gasteiger charge is -2.34. The Hall–Kier alpha value is -1.70. The topological polar surface area (TPSA) is 58.4 Å². The summed E-state index contributed by atoms with van der Waals surface area (Å²) in [6.45, 7) is 10.2. The van der Waals surface area contributed by atoms with Gasteiger partial charge < -0.3 is 4.57 Å². The van der Waals surface area contributed by atoms with Crippen LogP contribution < -0.4 is 0 Å². The normalized spacial score (nSPS) is 17.1. The van der Waals surface area contributed by atoms with E-state index in [1.807, 2.05) is 50.0 Å². The molecule has 2 aromatic rings. The number of sulfonamides is 1. The zero-order valence-corrected chi connectivity index (χ0v) is 16.0. The molecule has 136 valence electrons. The standard InChI is InChI=1S/C18H26N4O2S/c1-15-12-16(2)18(17(3)13-15)25(23,24)22-10-8-20(9-11-22)6-7-21-5-4-19-14-21/h4-5,12-14H,6-11H2,1-3H3. The molecule has 0 atom stereocenters. The van der Waals surface area contributed by atoms with Crippen molar-refractivity contribution in [1.82, 2.24) is 18.8 Å². The molecule has 2 heterocycles. The van der Waals surface area contributed by atoms with Crippen molar-refractivity contribution in [3.8, 4) is 0 Å². The molecule has 1 aliphatic heterocycles. The summed E-state index contributed by atoms with van der Waals surface area (Å²) in [4.78, 5) is 6.83. The SMILES string of the molecule is Cc1cc(C)c(S(=O)(=O)N2CCN(CCn3ccnc3)CC2)c(C)c1. The average molecular weight is 362 g/mol. The lowest BCUT2D eigenvalue weighted by molar-refractivity contribution is 0.183. The highest BCUT2D eigenvalue weighted by atomic mass is 32.2. The number of piperazine rings is 1. The van der Waals surface area contributed by atoms with Crippen molar-refractivity contribution in [3.63, 3.8) is 0 Å². The van der Waals surface area contributed by atoms with E-state index in [9.17, 15) is 8.42 Å². The van der Waals surface area contributed by atoms with Crippen molar-refractivity contribution in [3.05, 3.63) is 47.5 Å². The third kappa shape index (κ3) is 3.94. The maximum Gasteiger partial charge on any atom is 0.243 e. The van der Waals surface area contributed by atoms with E-state index in [0.29, 0.717) is 18.0 Å². The Morgan fingerprint density at radius 3 is 2.20 bits per heavy atom. The molecule has 7 heteroatoms. The van der Waals surface area contributed by atoms with Gasteiger partial charge in [0.15, 0.2) is 0 Å². The second-order valence-electron chi connectivity index (χ2n) is 6.77. The van der Waals surface area contributed by atoms with Gasteiger partial charge in [-0.2, -0.15) is 4.31 Å². The summed E-state index contributed by atoms with van der Waals surface area (Å²) in [5, 5.41) is 0. The molecular weight excluding hydrogens is 336 g/mol. The van der Waals surface area contributed by atoms with E-state index >= 15 is 0 Å². The van der Waals surface area contributed by atoms with Gasteiger partial charge in [-0.3, -0.25) is 4.90 Å². The molecule has 0 amide bonds. The minimum absolute atomic E-state index is 0.477. The van der Waals surface area contributed by atoms with E-state index in [1.54, 1.807) is 10.5 Å². The largest absolute Gasteiger partial charge is 0.336 e. The van der Waals surface area contributed by atoms with Gasteiger partial charge in [-0.25, -0.2) is 13.4 Å². The van der Waals surface area contributed by atoms with Gasteiger partial charge in [0.2, 0.25) is 10.0 Å². The van der Waals surface area contributed by atoms with Gasteiger partial charge in [0.05, 0.1) is 11.2 Å². The molecule has 1 saturated heterocycles. The molecule has 1 aliphatic rings. The number of hydrogen-bond acceptors (Lipinski definition) is 4. The van der Waals surface area contributed by atoms with Crippen LogP contribution in [0.1, 0.15) is 16.7 Å². The second kappa shape index (κ2) is 7.27. The fraction of sp³-hybridized carbons (Fsp3) is 0.500. The van der Waals surface area contributed by atoms with Gasteiger partial charge >= 0.3 is 0 Å². The molecule has 0 spiro atoms. The Balaban J connectivity index is 1.66. The predicted molar refractivity (Wildman–Crippen MR) is 98.1 cm³/mol. The Labute approximate surface area is 150 Å². The van der Waals surface area contributed by atoms with Gasteiger partial charge in [0.1, 0.15) is 0 Å². The summed E-state index contributed by atoms with van der Waals surface area (Å²) in [5.41, 5.74) is 2.76. The van der Waals surface area contributed by atoms with Crippen LogP contribution in [-0.2, 0) is 16.6 Å². The van der Waals surface area contributed by atoms with Crippen LogP contribution in [0.5, 0.6) is 0 Å². The average Bonchev–Trinajstić information content (AvgIpc) is 3.05. The van der Waals surface area contributed by atoms with Crippen molar-refractivity contribution in [2.24, 2.45) is 0 Å². The first kappa shape index (κ1) is 18.1. The summed E-state index contributed by atoms with van der Waals surface area (Å²) in [5.74, 6) is 0. The van der Waals surface area contributed by atoms with E-state index in [1.165, 1.54) is 0 Å². The summed E-state index contributed by atoms with van der Waals surface area (Å²) < 4.78 is 29.8. The Bertz CT molecular complexity index is 800. The first-order valence-corrected chi connectivity index (χ1v) is 10.1. The first-order valence-electron chi connectivity index (χ1n) is 8.64. The molecule has 3 rings (SSSR count). The summed E-state index contributed by atoms with van der Waals surface area (Å²) in [6, 6.07) is 3.89. The monoisotopic (exact) mass is 362 g/mol. The third-order valence-electron chi connectivity index (χ3n) is 4.77. The Morgan fingerprint density at radius 1 is 1.00 bits per heavy atom. The zero-order valence-electron chi connectivity index (χ0n) is 15.1. The molecule has 25 heavy (non-hydrogen) atoms. The summed E-state index contributed by atoms with van der Waals surface area (Å²) in [7, 11) is -3.43. The highest BCUT2D eigenvalue weighted by Crippen LogP contribution is 2.26. The minimum Gasteiger partial charge on any atom is -0.336 e. The fourth-order valence-corrected chi connectivity index (χ4v) is 5.41. The molecule has 0 bridgehead atoms. The summed E-state index contributed by atoms with van der Waals surface area (Å²) >= 11 is 0. The van der Waals surface area contributed by atoms with Gasteiger partial charge in [-0.1, -0.05) is 17.7 Å². The zero-order chi connectivity index (χ0) is 18.0. The predicted octanol–water partition coefficient (Wildman–Crippen LogP) is 1.81. The number of hydrogen-bond donors (Lipinski definition) is 0. The van der Waals surface area contributed by atoms with Crippen molar-refractivity contribution < 1.29 is 8.42 Å². The van der Waals surface area contributed by atoms with Crippen molar-refractivity contribution in [2.45, 2.75) is 32.2 Å². The minimum atomic E-state index is -3.43. The highest BCUT2D eigenvalue weighted by molar-refractivity contribution is 7.89. The van der Waals surface area contributed by atoms with Crippen LogP contribution >= 0.6 is 0 Å². The van der Waals surface area contributed by atoms with Crippen molar-refractivity contribution in [1.29, 1.82) is 0 Å². The van der Waals surface area contributed by atoms with Crippen molar-refractivity contribution in [2.75, 3.05) is 32.7 Å². The second-order valence-corrected chi connectivity index (χ2v) is 8.65. The fourth-order valence-electron chi connectivity index (χ4n) is 3.57. The quantitative estimate of drug-likeness (QED) is 0.814. The maximum atomic E-state index is 13.1. The highest BCUT2D eigenvalue weighted by Gasteiger charge is 2.30. The molecular formula is C18H26N4O2S. The molecule has 1 fully saturated rings. The molecule has 0 aliphatic carbocycles. The summed E-state index contributed by atoms with van der Waals surface area (Å²) in [6.07, 6.45) is 5.53. The third-order valence-corrected chi connectivity index (χ3v) is 6.97. The smallest absolute Gasteiger partial charge is 0.243 e. The number of benzene rings is 1. The molecule has 1 aromatic carbocycles. The van der Waals surface area contributed by atoms with Crippen molar-refractivity contribution >= 4 is 10.0 Å². The lowest BCUT2D eigenvalue weighted by atomic mass is 10.1. The molecule has 0 unspecified atom stereocenters. The molecule has 1 aromatic heterocycles. The first-order chi connectivity index (χ1) is 11.9. The van der Waals surface area contributed by atoms with Crippen LogP contribution in [0.25, 0.3) is 0 Å². The van der Waals surface area contributed by atoms with E-state index in [0.717, 1.165) is 42.9 Å². The molecule has 0 N–H and O–H groups in total. The number of imidazole rings is 1. The van der Waals surface area contributed by atoms with Gasteiger partial charge in [0, 0.05) is 51.7 Å². The van der Waals surface area contributed by atoms with E-state index in [4.69, 9.17) is 0 Å². The number of rotatable bonds is 5. The molecule has 6 nitrogen and oxygen atoms in total. The van der Waals surface area contributed by atoms with Crippen LogP contribution in [-0.4, -0.2) is 59.9 Å². The van der Waals surface area contributed by atoms with Crippen LogP contribution in [0.3, 0.4) is 0 Å². The van der Waals surface area contributed by atoms with Gasteiger partial charge in [0.25, 0.3) is 0 Å². The van der Waals surface area contributed by atoms with E-state index < -0.39 is 10.0 Å². The molecule has 0 saturated carbocycles. The van der Waals surface area contributed by atoms with E-state index in [-0.39, 0.29) is 0 Å². The number of nitrogens with zero attached hydrogens (tertiary/aromatic N) is 4. The molecule has 0 radical (unpaired) electrons. The van der Waals surface area contributed by atoms with Crippen LogP contribution in [0, 0.1) is 20.8 Å². The Kier molecular flexibility index (Phi) is 5.27. The van der Waals surface area contributed by atoms with Gasteiger partial charge in [-0.15, -0.1) is 0 Å². The Morgan fingerprint density at radius 2 is 1.64 bits per heavy atom. The van der Waals surface area contributed by atoms with Crippen LogP contribution in [0.2, 0.25) is 0 Å². The van der Waals surface area contributed by atoms with Crippen LogP contribution in [0.15, 0.2) is 35.7 Å². The lowest BCUT2D eigenvalue weighted by Crippen LogP contribution is -2.49.